The topological polar surface area (TPSA) is 80.0 Å². The average molecular weight is 311 g/mol. The first-order valence-electron chi connectivity index (χ1n) is 6.62. The summed E-state index contributed by atoms with van der Waals surface area (Å²) in [6.45, 7) is 3.09. The van der Waals surface area contributed by atoms with Crippen LogP contribution in [-0.4, -0.2) is 62.9 Å². The summed E-state index contributed by atoms with van der Waals surface area (Å²) in [7, 11) is 0. The van der Waals surface area contributed by atoms with Crippen molar-refractivity contribution in [1.82, 2.24) is 19.5 Å². The molecule has 3 rings (SSSR count). The Morgan fingerprint density at radius 3 is 3.19 bits per heavy atom. The van der Waals surface area contributed by atoms with Crippen molar-refractivity contribution < 1.29 is 14.6 Å². The van der Waals surface area contributed by atoms with Crippen LogP contribution in [0.3, 0.4) is 0 Å². The van der Waals surface area contributed by atoms with Crippen LogP contribution in [0.25, 0.3) is 5.65 Å². The Morgan fingerprint density at radius 1 is 1.57 bits per heavy atom. The van der Waals surface area contributed by atoms with Gasteiger partial charge in [0.1, 0.15) is 5.02 Å². The number of hydrogen-bond acceptors (Lipinski definition) is 5. The maximum atomic E-state index is 12.5. The van der Waals surface area contributed by atoms with Gasteiger partial charge in [-0.05, 0) is 12.5 Å². The summed E-state index contributed by atoms with van der Waals surface area (Å²) in [5, 5.41) is 14.1. The number of aliphatic hydroxyl groups is 1. The van der Waals surface area contributed by atoms with Gasteiger partial charge in [0.15, 0.2) is 11.3 Å². The van der Waals surface area contributed by atoms with Crippen LogP contribution in [0.5, 0.6) is 0 Å². The highest BCUT2D eigenvalue weighted by atomic mass is 35.5. The summed E-state index contributed by atoms with van der Waals surface area (Å²) in [6.07, 6.45) is 2.72. The lowest BCUT2D eigenvalue weighted by molar-refractivity contribution is 0.0533. The highest BCUT2D eigenvalue weighted by Crippen LogP contribution is 2.22. The second kappa shape index (κ2) is 5.59. The zero-order valence-electron chi connectivity index (χ0n) is 11.5. The largest absolute Gasteiger partial charge is 0.389 e. The smallest absolute Gasteiger partial charge is 0.276 e. The molecule has 1 N–H and O–H groups in total. The monoisotopic (exact) mass is 310 g/mol. The quantitative estimate of drug-likeness (QED) is 0.831. The van der Waals surface area contributed by atoms with Gasteiger partial charge in [0.05, 0.1) is 19.3 Å². The lowest BCUT2D eigenvalue weighted by atomic mass is 10.3. The molecule has 1 atom stereocenters. The highest BCUT2D eigenvalue weighted by molar-refractivity contribution is 6.36. The van der Waals surface area contributed by atoms with Crippen LogP contribution in [-0.2, 0) is 4.74 Å². The van der Waals surface area contributed by atoms with Gasteiger partial charge in [-0.15, -0.1) is 0 Å². The van der Waals surface area contributed by atoms with E-state index in [1.165, 1.54) is 9.42 Å². The molecule has 112 valence electrons. The second-order valence-electron chi connectivity index (χ2n) is 5.04. The molecule has 0 aromatic carbocycles. The zero-order chi connectivity index (χ0) is 15.0. The lowest BCUT2D eigenvalue weighted by Crippen LogP contribution is -2.38. The molecule has 0 unspecified atom stereocenters. The first-order chi connectivity index (χ1) is 10.1. The molecule has 3 heterocycles. The van der Waals surface area contributed by atoms with E-state index >= 15 is 0 Å². The molecule has 0 spiro atoms. The van der Waals surface area contributed by atoms with E-state index in [-0.39, 0.29) is 29.8 Å². The standard InChI is InChI=1S/C13H15ClN4O3/c1-8-4-15-12-10(14)11(16-18(12)5-8)13(20)17-2-3-21-7-9(19)6-17/h4-5,9,19H,2-3,6-7H2,1H3/t9-/m0/s1. The van der Waals surface area contributed by atoms with Crippen LogP contribution in [0, 0.1) is 6.92 Å². The van der Waals surface area contributed by atoms with Crippen LogP contribution in [0.1, 0.15) is 16.1 Å². The first-order valence-corrected chi connectivity index (χ1v) is 6.99. The number of aliphatic hydroxyl groups excluding tert-OH is 1. The molecule has 1 amide bonds. The van der Waals surface area contributed by atoms with Gasteiger partial charge in [0, 0.05) is 25.5 Å². The summed E-state index contributed by atoms with van der Waals surface area (Å²) in [5.41, 5.74) is 1.50. The Morgan fingerprint density at radius 2 is 2.38 bits per heavy atom. The number of ether oxygens (including phenoxy) is 1. The third kappa shape index (κ3) is 2.72. The van der Waals surface area contributed by atoms with E-state index in [9.17, 15) is 9.90 Å². The number of aryl methyl sites for hydroxylation is 1. The zero-order valence-corrected chi connectivity index (χ0v) is 12.2. The predicted octanol–water partition coefficient (Wildman–Crippen LogP) is 0.524. The van der Waals surface area contributed by atoms with Crippen LogP contribution in [0.15, 0.2) is 12.4 Å². The molecule has 2 aromatic heterocycles. The summed E-state index contributed by atoms with van der Waals surface area (Å²) < 4.78 is 6.71. The molecule has 0 bridgehead atoms. The first kappa shape index (κ1) is 14.2. The van der Waals surface area contributed by atoms with Gasteiger partial charge in [0.25, 0.3) is 5.91 Å². The van der Waals surface area contributed by atoms with E-state index in [2.05, 4.69) is 10.1 Å². The van der Waals surface area contributed by atoms with E-state index in [0.717, 1.165) is 5.56 Å². The van der Waals surface area contributed by atoms with Gasteiger partial charge >= 0.3 is 0 Å². The summed E-state index contributed by atoms with van der Waals surface area (Å²) in [4.78, 5) is 18.2. The lowest BCUT2D eigenvalue weighted by Gasteiger charge is -2.20. The third-order valence-corrected chi connectivity index (χ3v) is 3.63. The molecule has 1 fully saturated rings. The maximum absolute atomic E-state index is 12.5. The predicted molar refractivity (Wildman–Crippen MR) is 75.5 cm³/mol. The third-order valence-electron chi connectivity index (χ3n) is 3.28. The van der Waals surface area contributed by atoms with Crippen molar-refractivity contribution in [3.05, 3.63) is 28.7 Å². The number of nitrogens with zero attached hydrogens (tertiary/aromatic N) is 4. The molecule has 2 aromatic rings. The summed E-state index contributed by atoms with van der Waals surface area (Å²) >= 11 is 6.21. The molecular formula is C13H15ClN4O3. The number of amides is 1. The number of halogens is 1. The molecule has 7 nitrogen and oxygen atoms in total. The van der Waals surface area contributed by atoms with E-state index in [0.29, 0.717) is 18.8 Å². The Bertz CT molecular complexity index is 687. The van der Waals surface area contributed by atoms with E-state index < -0.39 is 6.10 Å². The van der Waals surface area contributed by atoms with E-state index in [1.807, 2.05) is 6.92 Å². The van der Waals surface area contributed by atoms with E-state index in [4.69, 9.17) is 16.3 Å². The van der Waals surface area contributed by atoms with Crippen LogP contribution >= 0.6 is 11.6 Å². The molecule has 1 aliphatic rings. The van der Waals surface area contributed by atoms with Crippen molar-refractivity contribution >= 4 is 23.2 Å². The SMILES string of the molecule is Cc1cnc2c(Cl)c(C(=O)N3CCOC[C@@H](O)C3)nn2c1. The maximum Gasteiger partial charge on any atom is 0.276 e. The molecule has 0 aliphatic carbocycles. The summed E-state index contributed by atoms with van der Waals surface area (Å²) in [5.74, 6) is -0.326. The van der Waals surface area contributed by atoms with Crippen LogP contribution < -0.4 is 0 Å². The number of rotatable bonds is 1. The Hall–Kier alpha value is -1.70. The average Bonchev–Trinajstić information content (AvgIpc) is 2.63. The fourth-order valence-corrected chi connectivity index (χ4v) is 2.52. The fourth-order valence-electron chi connectivity index (χ4n) is 2.26. The van der Waals surface area contributed by atoms with Gasteiger partial charge in [-0.1, -0.05) is 11.6 Å². The second-order valence-corrected chi connectivity index (χ2v) is 5.42. The van der Waals surface area contributed by atoms with Crippen molar-refractivity contribution in [2.45, 2.75) is 13.0 Å². The number of β-amino-alcohol motifs (C(OH)–C–C–N with tert-alkyl or cyclic N) is 1. The Balaban J connectivity index is 1.95. The molecular weight excluding hydrogens is 296 g/mol. The van der Waals surface area contributed by atoms with Gasteiger partial charge < -0.3 is 14.7 Å². The number of carbonyl (C=O) groups is 1. The Kier molecular flexibility index (Phi) is 3.79. The molecule has 0 saturated carbocycles. The minimum Gasteiger partial charge on any atom is -0.389 e. The van der Waals surface area contributed by atoms with Crippen LogP contribution in [0.2, 0.25) is 5.02 Å². The number of aromatic nitrogens is 3. The minimum absolute atomic E-state index is 0.142. The summed E-state index contributed by atoms with van der Waals surface area (Å²) in [6, 6.07) is 0. The van der Waals surface area contributed by atoms with Gasteiger partial charge in [-0.3, -0.25) is 4.79 Å². The minimum atomic E-state index is -0.701. The number of hydrogen-bond donors (Lipinski definition) is 1. The fraction of sp³-hybridized carbons (Fsp3) is 0.462. The van der Waals surface area contributed by atoms with Crippen molar-refractivity contribution in [2.75, 3.05) is 26.3 Å². The molecule has 8 heteroatoms. The van der Waals surface area contributed by atoms with Crippen molar-refractivity contribution in [3.8, 4) is 0 Å². The highest BCUT2D eigenvalue weighted by Gasteiger charge is 2.27. The van der Waals surface area contributed by atoms with Gasteiger partial charge in [0.2, 0.25) is 0 Å². The van der Waals surface area contributed by atoms with Gasteiger partial charge in [-0.2, -0.15) is 5.10 Å². The molecule has 21 heavy (non-hydrogen) atoms. The number of carbonyl (C=O) groups excluding carboxylic acids is 1. The molecule has 1 saturated heterocycles. The number of fused-ring (bicyclic) bond motifs is 1. The van der Waals surface area contributed by atoms with Gasteiger partial charge in [-0.25, -0.2) is 9.50 Å². The van der Waals surface area contributed by atoms with Crippen molar-refractivity contribution in [3.63, 3.8) is 0 Å². The van der Waals surface area contributed by atoms with Crippen LogP contribution in [0.4, 0.5) is 0 Å². The van der Waals surface area contributed by atoms with E-state index in [1.54, 1.807) is 12.4 Å². The Labute approximate surface area is 126 Å². The van der Waals surface area contributed by atoms with Crippen molar-refractivity contribution in [2.24, 2.45) is 0 Å². The van der Waals surface area contributed by atoms with Crippen molar-refractivity contribution in [1.29, 1.82) is 0 Å². The molecule has 1 aliphatic heterocycles. The normalized spacial score (nSPS) is 19.8. The molecule has 0 radical (unpaired) electrons.